The molecule has 0 spiro atoms. The van der Waals surface area contributed by atoms with E-state index in [4.69, 9.17) is 4.74 Å². The van der Waals surface area contributed by atoms with Crippen LogP contribution >= 0.6 is 0 Å². The van der Waals surface area contributed by atoms with E-state index in [0.29, 0.717) is 17.9 Å². The van der Waals surface area contributed by atoms with E-state index in [2.05, 4.69) is 12.2 Å². The minimum atomic E-state index is -0.929. The molecule has 4 nitrogen and oxygen atoms in total. The Balaban J connectivity index is 2.41. The topological polar surface area (TPSA) is 58.6 Å². The van der Waals surface area contributed by atoms with E-state index >= 15 is 0 Å². The summed E-state index contributed by atoms with van der Waals surface area (Å²) in [7, 11) is 0. The average Bonchev–Trinajstić information content (AvgIpc) is 2.38. The Morgan fingerprint density at radius 2 is 2.16 bits per heavy atom. The maximum absolute atomic E-state index is 11.9. The highest BCUT2D eigenvalue weighted by atomic mass is 16.5. The summed E-state index contributed by atoms with van der Waals surface area (Å²) in [5, 5.41) is 13.6. The summed E-state index contributed by atoms with van der Waals surface area (Å²) in [6.45, 7) is 5.87. The van der Waals surface area contributed by atoms with Gasteiger partial charge in [-0.25, -0.2) is 4.79 Å². The van der Waals surface area contributed by atoms with Gasteiger partial charge >= 0.3 is 5.97 Å². The fourth-order valence-corrected chi connectivity index (χ4v) is 2.28. The van der Waals surface area contributed by atoms with Gasteiger partial charge in [-0.15, -0.1) is 0 Å². The van der Waals surface area contributed by atoms with Gasteiger partial charge in [0.05, 0.1) is 12.2 Å². The summed E-state index contributed by atoms with van der Waals surface area (Å²) in [5.41, 5.74) is 3.64. The van der Waals surface area contributed by atoms with Gasteiger partial charge in [0.15, 0.2) is 0 Å². The molecule has 1 atom stereocenters. The summed E-state index contributed by atoms with van der Waals surface area (Å²) in [5.74, 6) is -0.465. The van der Waals surface area contributed by atoms with Crippen LogP contribution in [0.2, 0.25) is 0 Å². The van der Waals surface area contributed by atoms with Crippen LogP contribution in [0.15, 0.2) is 29.5 Å². The first kappa shape index (κ1) is 13.6. The Morgan fingerprint density at radius 3 is 2.79 bits per heavy atom. The molecule has 1 aromatic rings. The molecule has 0 saturated heterocycles. The number of aliphatic hydroxyl groups excluding tert-OH is 1. The number of aryl methyl sites for hydroxylation is 1. The van der Waals surface area contributed by atoms with Crippen molar-refractivity contribution in [2.75, 3.05) is 11.9 Å². The standard InChI is InChI=1S/C15H19NO3/c1-4-10-6-7-12-11(8-10)14(17)13(9(3)16-12)15(18)19-5-2/h6-8,14,16-17H,4-5H2,1-3H3. The van der Waals surface area contributed by atoms with E-state index < -0.39 is 12.1 Å². The molecule has 0 aliphatic carbocycles. The zero-order valence-electron chi connectivity index (χ0n) is 11.5. The van der Waals surface area contributed by atoms with E-state index in [9.17, 15) is 9.90 Å². The number of hydrogen-bond donors (Lipinski definition) is 2. The molecular weight excluding hydrogens is 242 g/mol. The van der Waals surface area contributed by atoms with Gasteiger partial charge in [0.25, 0.3) is 0 Å². The van der Waals surface area contributed by atoms with Crippen LogP contribution in [0.5, 0.6) is 0 Å². The van der Waals surface area contributed by atoms with Crippen molar-refractivity contribution in [3.8, 4) is 0 Å². The Kier molecular flexibility index (Phi) is 3.90. The van der Waals surface area contributed by atoms with Gasteiger partial charge < -0.3 is 15.2 Å². The number of fused-ring (bicyclic) bond motifs is 1. The van der Waals surface area contributed by atoms with Gasteiger partial charge in [-0.2, -0.15) is 0 Å². The molecule has 1 aromatic carbocycles. The van der Waals surface area contributed by atoms with E-state index in [1.165, 1.54) is 0 Å². The minimum absolute atomic E-state index is 0.294. The number of carbonyl (C=O) groups excluding carboxylic acids is 1. The lowest BCUT2D eigenvalue weighted by molar-refractivity contribution is -0.139. The van der Waals surface area contributed by atoms with Crippen molar-refractivity contribution in [1.29, 1.82) is 0 Å². The number of allylic oxidation sites excluding steroid dienone is 1. The fraction of sp³-hybridized carbons (Fsp3) is 0.400. The van der Waals surface area contributed by atoms with Gasteiger partial charge in [-0.1, -0.05) is 19.1 Å². The van der Waals surface area contributed by atoms with Crippen molar-refractivity contribution in [3.63, 3.8) is 0 Å². The van der Waals surface area contributed by atoms with E-state index in [1.54, 1.807) is 13.8 Å². The van der Waals surface area contributed by atoms with E-state index in [-0.39, 0.29) is 0 Å². The SMILES string of the molecule is CCOC(=O)C1=C(C)Nc2ccc(CC)cc2C1O. The largest absolute Gasteiger partial charge is 0.462 e. The van der Waals surface area contributed by atoms with Gasteiger partial charge in [-0.05, 0) is 31.9 Å². The summed E-state index contributed by atoms with van der Waals surface area (Å²) in [6.07, 6.45) is -0.0425. The van der Waals surface area contributed by atoms with Crippen LogP contribution in [0, 0.1) is 0 Å². The van der Waals surface area contributed by atoms with Crippen molar-refractivity contribution in [2.24, 2.45) is 0 Å². The molecule has 2 rings (SSSR count). The first-order valence-electron chi connectivity index (χ1n) is 6.54. The number of esters is 1. The predicted molar refractivity (Wildman–Crippen MR) is 73.7 cm³/mol. The first-order chi connectivity index (χ1) is 9.08. The predicted octanol–water partition coefficient (Wildman–Crippen LogP) is 2.55. The van der Waals surface area contributed by atoms with Crippen molar-refractivity contribution in [2.45, 2.75) is 33.3 Å². The number of carbonyl (C=O) groups is 1. The quantitative estimate of drug-likeness (QED) is 0.821. The molecule has 0 radical (unpaired) electrons. The van der Waals surface area contributed by atoms with E-state index in [1.807, 2.05) is 18.2 Å². The van der Waals surface area contributed by atoms with Crippen LogP contribution < -0.4 is 5.32 Å². The summed E-state index contributed by atoms with van der Waals surface area (Å²) in [6, 6.07) is 5.88. The number of hydrogen-bond acceptors (Lipinski definition) is 4. The molecule has 102 valence electrons. The van der Waals surface area contributed by atoms with E-state index in [0.717, 1.165) is 23.2 Å². The van der Waals surface area contributed by atoms with Crippen molar-refractivity contribution in [1.82, 2.24) is 0 Å². The molecule has 19 heavy (non-hydrogen) atoms. The third-order valence-corrected chi connectivity index (χ3v) is 3.31. The number of ether oxygens (including phenoxy) is 1. The molecule has 0 bridgehead atoms. The lowest BCUT2D eigenvalue weighted by atomic mass is 9.92. The highest BCUT2D eigenvalue weighted by molar-refractivity contribution is 5.93. The Hall–Kier alpha value is -1.81. The lowest BCUT2D eigenvalue weighted by Gasteiger charge is -2.26. The van der Waals surface area contributed by atoms with Crippen molar-refractivity contribution < 1.29 is 14.6 Å². The van der Waals surface area contributed by atoms with Crippen molar-refractivity contribution >= 4 is 11.7 Å². The fourth-order valence-electron chi connectivity index (χ4n) is 2.28. The highest BCUT2D eigenvalue weighted by Gasteiger charge is 2.30. The lowest BCUT2D eigenvalue weighted by Crippen LogP contribution is -2.23. The second kappa shape index (κ2) is 5.45. The Labute approximate surface area is 113 Å². The molecule has 1 aliphatic rings. The molecule has 2 N–H and O–H groups in total. The Morgan fingerprint density at radius 1 is 1.42 bits per heavy atom. The number of aliphatic hydroxyl groups is 1. The number of benzene rings is 1. The molecule has 4 heteroatoms. The van der Waals surface area contributed by atoms with Gasteiger partial charge in [0.1, 0.15) is 6.10 Å². The number of nitrogens with one attached hydrogen (secondary N) is 1. The zero-order valence-corrected chi connectivity index (χ0v) is 11.5. The summed E-state index contributed by atoms with van der Waals surface area (Å²) in [4.78, 5) is 11.9. The number of anilines is 1. The summed E-state index contributed by atoms with van der Waals surface area (Å²) < 4.78 is 5.00. The Bertz CT molecular complexity index is 534. The first-order valence-corrected chi connectivity index (χ1v) is 6.54. The molecule has 1 heterocycles. The maximum Gasteiger partial charge on any atom is 0.338 e. The third kappa shape index (κ3) is 2.49. The second-order valence-corrected chi connectivity index (χ2v) is 4.56. The van der Waals surface area contributed by atoms with Crippen LogP contribution in [0.25, 0.3) is 0 Å². The highest BCUT2D eigenvalue weighted by Crippen LogP contribution is 2.36. The van der Waals surface area contributed by atoms with Crippen molar-refractivity contribution in [3.05, 3.63) is 40.6 Å². The zero-order chi connectivity index (χ0) is 14.0. The third-order valence-electron chi connectivity index (χ3n) is 3.31. The molecule has 1 aliphatic heterocycles. The van der Waals surface area contributed by atoms with Crippen LogP contribution in [-0.4, -0.2) is 17.7 Å². The normalized spacial score (nSPS) is 17.8. The average molecular weight is 261 g/mol. The molecule has 0 amide bonds. The molecular formula is C15H19NO3. The van der Waals surface area contributed by atoms with Crippen LogP contribution in [0.1, 0.15) is 38.0 Å². The van der Waals surface area contributed by atoms with Crippen LogP contribution in [-0.2, 0) is 16.0 Å². The van der Waals surface area contributed by atoms with Gasteiger partial charge in [-0.3, -0.25) is 0 Å². The molecule has 0 fully saturated rings. The van der Waals surface area contributed by atoms with Gasteiger partial charge in [0.2, 0.25) is 0 Å². The molecule has 0 saturated carbocycles. The van der Waals surface area contributed by atoms with Crippen LogP contribution in [0.4, 0.5) is 5.69 Å². The maximum atomic E-state index is 11.9. The van der Waals surface area contributed by atoms with Gasteiger partial charge in [0, 0.05) is 16.9 Å². The molecule has 1 unspecified atom stereocenters. The molecule has 0 aromatic heterocycles. The minimum Gasteiger partial charge on any atom is -0.462 e. The second-order valence-electron chi connectivity index (χ2n) is 4.56. The van der Waals surface area contributed by atoms with Crippen LogP contribution in [0.3, 0.4) is 0 Å². The summed E-state index contributed by atoms with van der Waals surface area (Å²) >= 11 is 0. The smallest absolute Gasteiger partial charge is 0.338 e. The number of rotatable bonds is 3. The monoisotopic (exact) mass is 261 g/mol.